The van der Waals surface area contributed by atoms with Crippen molar-refractivity contribution in [2.75, 3.05) is 12.3 Å². The SMILES string of the molecule is CC(C)c1cc(C(=O)NCCS(=O)Cc2ccccc2)n[nH]1. The zero-order valence-corrected chi connectivity index (χ0v) is 13.7. The van der Waals surface area contributed by atoms with Crippen LogP contribution < -0.4 is 5.32 Å². The van der Waals surface area contributed by atoms with E-state index < -0.39 is 10.8 Å². The van der Waals surface area contributed by atoms with Crippen LogP contribution in [0.5, 0.6) is 0 Å². The number of rotatable bonds is 7. The van der Waals surface area contributed by atoms with Gasteiger partial charge in [0.1, 0.15) is 5.69 Å². The summed E-state index contributed by atoms with van der Waals surface area (Å²) in [4.78, 5) is 11.9. The molecular formula is C16H21N3O2S. The van der Waals surface area contributed by atoms with Crippen molar-refractivity contribution >= 4 is 16.7 Å². The summed E-state index contributed by atoms with van der Waals surface area (Å²) in [6, 6.07) is 11.4. The van der Waals surface area contributed by atoms with Gasteiger partial charge in [0.15, 0.2) is 0 Å². The van der Waals surface area contributed by atoms with E-state index in [2.05, 4.69) is 15.5 Å². The van der Waals surface area contributed by atoms with Gasteiger partial charge in [-0.3, -0.25) is 14.1 Å². The average Bonchev–Trinajstić information content (AvgIpc) is 2.98. The first-order valence-corrected chi connectivity index (χ1v) is 8.77. The van der Waals surface area contributed by atoms with Crippen molar-refractivity contribution in [3.63, 3.8) is 0 Å². The quantitative estimate of drug-likeness (QED) is 0.821. The zero-order valence-electron chi connectivity index (χ0n) is 12.8. The van der Waals surface area contributed by atoms with Crippen molar-refractivity contribution in [2.45, 2.75) is 25.5 Å². The van der Waals surface area contributed by atoms with Gasteiger partial charge in [-0.2, -0.15) is 5.10 Å². The summed E-state index contributed by atoms with van der Waals surface area (Å²) in [5, 5.41) is 9.59. The first kappa shape index (κ1) is 16.4. The summed E-state index contributed by atoms with van der Waals surface area (Å²) in [5.41, 5.74) is 2.34. The van der Waals surface area contributed by atoms with Crippen molar-refractivity contribution in [1.82, 2.24) is 15.5 Å². The maximum atomic E-state index is 12.0. The molecule has 1 aromatic heterocycles. The molecule has 1 atom stereocenters. The second kappa shape index (κ2) is 7.89. The summed E-state index contributed by atoms with van der Waals surface area (Å²) < 4.78 is 12.0. The maximum absolute atomic E-state index is 12.0. The standard InChI is InChI=1S/C16H21N3O2S/c1-12(2)14-10-15(19-18-14)16(20)17-8-9-22(21)11-13-6-4-3-5-7-13/h3-7,10,12H,8-9,11H2,1-2H3,(H,17,20)(H,18,19). The van der Waals surface area contributed by atoms with Gasteiger partial charge in [0, 0.05) is 34.5 Å². The minimum atomic E-state index is -0.989. The molecule has 1 aromatic carbocycles. The molecule has 2 rings (SSSR count). The number of aromatic amines is 1. The third-order valence-electron chi connectivity index (χ3n) is 3.24. The fraction of sp³-hybridized carbons (Fsp3) is 0.375. The highest BCUT2D eigenvalue weighted by atomic mass is 32.2. The van der Waals surface area contributed by atoms with Gasteiger partial charge in [-0.15, -0.1) is 0 Å². The molecule has 118 valence electrons. The Morgan fingerprint density at radius 1 is 1.32 bits per heavy atom. The molecule has 5 nitrogen and oxygen atoms in total. The van der Waals surface area contributed by atoms with Crippen molar-refractivity contribution in [3.8, 4) is 0 Å². The van der Waals surface area contributed by atoms with Gasteiger partial charge in [-0.05, 0) is 17.5 Å². The number of amides is 1. The van der Waals surface area contributed by atoms with E-state index in [9.17, 15) is 9.00 Å². The molecule has 0 radical (unpaired) electrons. The van der Waals surface area contributed by atoms with E-state index >= 15 is 0 Å². The largest absolute Gasteiger partial charge is 0.350 e. The van der Waals surface area contributed by atoms with Gasteiger partial charge in [0.05, 0.1) is 0 Å². The monoisotopic (exact) mass is 319 g/mol. The normalized spacial score (nSPS) is 12.3. The Balaban J connectivity index is 1.75. The van der Waals surface area contributed by atoms with Crippen molar-refractivity contribution in [3.05, 3.63) is 53.3 Å². The Morgan fingerprint density at radius 2 is 2.05 bits per heavy atom. The Hall–Kier alpha value is -1.95. The topological polar surface area (TPSA) is 74.8 Å². The van der Waals surface area contributed by atoms with Gasteiger partial charge in [0.2, 0.25) is 0 Å². The Kier molecular flexibility index (Phi) is 5.89. The van der Waals surface area contributed by atoms with Crippen LogP contribution in [0.4, 0.5) is 0 Å². The van der Waals surface area contributed by atoms with Gasteiger partial charge < -0.3 is 5.32 Å². The number of nitrogens with zero attached hydrogens (tertiary/aromatic N) is 1. The molecule has 0 spiro atoms. The van der Waals surface area contributed by atoms with Crippen LogP contribution in [0.25, 0.3) is 0 Å². The number of hydrogen-bond acceptors (Lipinski definition) is 3. The van der Waals surface area contributed by atoms with Crippen LogP contribution in [-0.4, -0.2) is 32.6 Å². The van der Waals surface area contributed by atoms with Crippen molar-refractivity contribution < 1.29 is 9.00 Å². The predicted molar refractivity (Wildman–Crippen MR) is 88.2 cm³/mol. The van der Waals surface area contributed by atoms with Crippen molar-refractivity contribution in [1.29, 1.82) is 0 Å². The van der Waals surface area contributed by atoms with E-state index in [4.69, 9.17) is 0 Å². The Bertz CT molecular complexity index is 638. The summed E-state index contributed by atoms with van der Waals surface area (Å²) in [5.74, 6) is 1.01. The molecule has 1 heterocycles. The van der Waals surface area contributed by atoms with E-state index in [1.807, 2.05) is 44.2 Å². The third-order valence-corrected chi connectivity index (χ3v) is 4.55. The van der Waals surface area contributed by atoms with Gasteiger partial charge in [-0.25, -0.2) is 0 Å². The molecule has 6 heteroatoms. The number of hydrogen-bond donors (Lipinski definition) is 2. The van der Waals surface area contributed by atoms with Crippen LogP contribution in [0.3, 0.4) is 0 Å². The Labute approximate surface area is 133 Å². The number of H-pyrrole nitrogens is 1. The Morgan fingerprint density at radius 3 is 2.68 bits per heavy atom. The predicted octanol–water partition coefficient (Wildman–Crippen LogP) is 2.21. The van der Waals surface area contributed by atoms with E-state index in [0.717, 1.165) is 11.3 Å². The van der Waals surface area contributed by atoms with E-state index in [0.29, 0.717) is 29.7 Å². The fourth-order valence-corrected chi connectivity index (χ4v) is 2.99. The molecule has 0 fully saturated rings. The summed E-state index contributed by atoms with van der Waals surface area (Å²) in [6.07, 6.45) is 0. The van der Waals surface area contributed by atoms with E-state index in [1.54, 1.807) is 6.07 Å². The number of carbonyl (C=O) groups excluding carboxylic acids is 1. The molecule has 2 aromatic rings. The summed E-state index contributed by atoms with van der Waals surface area (Å²) in [6.45, 7) is 4.44. The first-order valence-electron chi connectivity index (χ1n) is 7.28. The lowest BCUT2D eigenvalue weighted by Gasteiger charge is -2.04. The minimum absolute atomic E-state index is 0.236. The summed E-state index contributed by atoms with van der Waals surface area (Å²) >= 11 is 0. The first-order chi connectivity index (χ1) is 10.6. The van der Waals surface area contributed by atoms with Gasteiger partial charge in [-0.1, -0.05) is 44.2 Å². The fourth-order valence-electron chi connectivity index (χ4n) is 1.95. The molecule has 22 heavy (non-hydrogen) atoms. The van der Waals surface area contributed by atoms with Crippen LogP contribution in [0.2, 0.25) is 0 Å². The highest BCUT2D eigenvalue weighted by Crippen LogP contribution is 2.11. The molecule has 0 aliphatic carbocycles. The third kappa shape index (κ3) is 4.80. The highest BCUT2D eigenvalue weighted by Gasteiger charge is 2.12. The van der Waals surface area contributed by atoms with Gasteiger partial charge >= 0.3 is 0 Å². The maximum Gasteiger partial charge on any atom is 0.271 e. The van der Waals surface area contributed by atoms with Crippen LogP contribution >= 0.6 is 0 Å². The molecule has 0 bridgehead atoms. The van der Waals surface area contributed by atoms with Crippen LogP contribution in [-0.2, 0) is 16.6 Å². The second-order valence-corrected chi connectivity index (χ2v) is 6.97. The summed E-state index contributed by atoms with van der Waals surface area (Å²) in [7, 11) is -0.989. The molecule has 1 unspecified atom stereocenters. The lowest BCUT2D eigenvalue weighted by Crippen LogP contribution is -2.28. The lowest BCUT2D eigenvalue weighted by molar-refractivity contribution is 0.0951. The smallest absolute Gasteiger partial charge is 0.271 e. The highest BCUT2D eigenvalue weighted by molar-refractivity contribution is 7.84. The second-order valence-electron chi connectivity index (χ2n) is 5.39. The molecule has 0 aliphatic rings. The molecule has 2 N–H and O–H groups in total. The number of benzene rings is 1. The molecule has 0 aliphatic heterocycles. The number of carbonyl (C=O) groups is 1. The van der Waals surface area contributed by atoms with Crippen molar-refractivity contribution in [2.24, 2.45) is 0 Å². The lowest BCUT2D eigenvalue weighted by atomic mass is 10.1. The van der Waals surface area contributed by atoms with Gasteiger partial charge in [0.25, 0.3) is 5.91 Å². The average molecular weight is 319 g/mol. The molecule has 1 amide bonds. The van der Waals surface area contributed by atoms with Crippen LogP contribution in [0.1, 0.15) is 41.5 Å². The molecule has 0 saturated heterocycles. The number of nitrogens with one attached hydrogen (secondary N) is 2. The van der Waals surface area contributed by atoms with Crippen LogP contribution in [0.15, 0.2) is 36.4 Å². The van der Waals surface area contributed by atoms with Crippen LogP contribution in [0, 0.1) is 0 Å². The molecular weight excluding hydrogens is 298 g/mol. The van der Waals surface area contributed by atoms with E-state index in [-0.39, 0.29) is 5.91 Å². The zero-order chi connectivity index (χ0) is 15.9. The number of aromatic nitrogens is 2. The molecule has 0 saturated carbocycles. The van der Waals surface area contributed by atoms with E-state index in [1.165, 1.54) is 0 Å². The minimum Gasteiger partial charge on any atom is -0.350 e.